The van der Waals surface area contributed by atoms with Gasteiger partial charge in [-0.25, -0.2) is 4.39 Å². The standard InChI is InChI=1S/C21H21FN4O2S/c1-14-12-26(11-10-23-14)21(27)19-8-6-17(28-19)13-29-20-9-7-18(24-25-20)15-2-4-16(22)5-3-15/h2-9,14,23H,10-13H2,1H3/t14-/m1/s1. The first kappa shape index (κ1) is 19.6. The van der Waals surface area contributed by atoms with Gasteiger partial charge < -0.3 is 14.6 Å². The minimum atomic E-state index is -0.281. The van der Waals surface area contributed by atoms with Gasteiger partial charge in [0.05, 0.1) is 11.4 Å². The summed E-state index contributed by atoms with van der Waals surface area (Å²) >= 11 is 1.48. The highest BCUT2D eigenvalue weighted by Gasteiger charge is 2.23. The topological polar surface area (TPSA) is 71.3 Å². The van der Waals surface area contributed by atoms with Crippen LogP contribution in [0.3, 0.4) is 0 Å². The van der Waals surface area contributed by atoms with Gasteiger partial charge in [-0.3, -0.25) is 4.79 Å². The van der Waals surface area contributed by atoms with E-state index >= 15 is 0 Å². The average molecular weight is 412 g/mol. The number of rotatable bonds is 5. The normalized spacial score (nSPS) is 16.8. The van der Waals surface area contributed by atoms with Gasteiger partial charge >= 0.3 is 0 Å². The smallest absolute Gasteiger partial charge is 0.289 e. The van der Waals surface area contributed by atoms with E-state index in [1.807, 2.05) is 23.1 Å². The van der Waals surface area contributed by atoms with E-state index in [2.05, 4.69) is 22.4 Å². The number of carbonyl (C=O) groups is 1. The van der Waals surface area contributed by atoms with Crippen molar-refractivity contribution in [1.29, 1.82) is 0 Å². The molecular weight excluding hydrogens is 391 g/mol. The Morgan fingerprint density at radius 3 is 2.76 bits per heavy atom. The third-order valence-electron chi connectivity index (χ3n) is 4.67. The summed E-state index contributed by atoms with van der Waals surface area (Å²) in [6.07, 6.45) is 0. The first-order valence-electron chi connectivity index (χ1n) is 9.42. The van der Waals surface area contributed by atoms with Crippen molar-refractivity contribution in [2.45, 2.75) is 23.7 Å². The molecule has 8 heteroatoms. The quantitative estimate of drug-likeness (QED) is 0.646. The third kappa shape index (κ3) is 4.83. The summed E-state index contributed by atoms with van der Waals surface area (Å²) in [6.45, 7) is 4.22. The highest BCUT2D eigenvalue weighted by atomic mass is 32.2. The Kier molecular flexibility index (Phi) is 5.92. The van der Waals surface area contributed by atoms with Crippen LogP contribution in [0.25, 0.3) is 11.3 Å². The van der Waals surface area contributed by atoms with Gasteiger partial charge in [-0.1, -0.05) is 11.8 Å². The SMILES string of the molecule is C[C@@H]1CN(C(=O)c2ccc(CSc3ccc(-c4ccc(F)cc4)nn3)o2)CCN1. The molecule has 1 N–H and O–H groups in total. The molecule has 1 saturated heterocycles. The van der Waals surface area contributed by atoms with Crippen molar-refractivity contribution in [2.24, 2.45) is 0 Å². The lowest BCUT2D eigenvalue weighted by molar-refractivity contribution is 0.0675. The number of furan rings is 1. The Morgan fingerprint density at radius 2 is 2.03 bits per heavy atom. The largest absolute Gasteiger partial charge is 0.455 e. The minimum absolute atomic E-state index is 0.0713. The molecule has 1 atom stereocenters. The summed E-state index contributed by atoms with van der Waals surface area (Å²) in [4.78, 5) is 14.4. The van der Waals surface area contributed by atoms with Crippen LogP contribution in [-0.4, -0.2) is 46.7 Å². The summed E-state index contributed by atoms with van der Waals surface area (Å²) in [5.74, 6) is 1.28. The first-order chi connectivity index (χ1) is 14.1. The van der Waals surface area contributed by atoms with Crippen molar-refractivity contribution in [3.05, 3.63) is 65.9 Å². The van der Waals surface area contributed by atoms with Crippen LogP contribution in [0.15, 0.2) is 58.0 Å². The van der Waals surface area contributed by atoms with E-state index in [9.17, 15) is 9.18 Å². The number of hydrogen-bond acceptors (Lipinski definition) is 6. The number of carbonyl (C=O) groups excluding carboxylic acids is 1. The first-order valence-corrected chi connectivity index (χ1v) is 10.4. The van der Waals surface area contributed by atoms with Crippen LogP contribution in [0.5, 0.6) is 0 Å². The maximum absolute atomic E-state index is 13.0. The van der Waals surface area contributed by atoms with Crippen molar-refractivity contribution in [3.8, 4) is 11.3 Å². The molecule has 0 saturated carbocycles. The lowest BCUT2D eigenvalue weighted by Crippen LogP contribution is -2.51. The second-order valence-corrected chi connectivity index (χ2v) is 7.92. The molecule has 3 heterocycles. The zero-order chi connectivity index (χ0) is 20.2. The number of thioether (sulfide) groups is 1. The highest BCUT2D eigenvalue weighted by molar-refractivity contribution is 7.98. The van der Waals surface area contributed by atoms with Gasteiger partial charge in [0.2, 0.25) is 0 Å². The molecule has 0 radical (unpaired) electrons. The van der Waals surface area contributed by atoms with E-state index in [0.717, 1.165) is 17.1 Å². The van der Waals surface area contributed by atoms with Gasteiger partial charge in [0, 0.05) is 31.2 Å². The molecule has 29 heavy (non-hydrogen) atoms. The van der Waals surface area contributed by atoms with Gasteiger partial charge in [-0.2, -0.15) is 0 Å². The number of halogens is 1. The van der Waals surface area contributed by atoms with E-state index in [0.29, 0.717) is 36.1 Å². The predicted octanol–water partition coefficient (Wildman–Crippen LogP) is 3.60. The van der Waals surface area contributed by atoms with Gasteiger partial charge in [0.25, 0.3) is 5.91 Å². The van der Waals surface area contributed by atoms with E-state index in [1.54, 1.807) is 18.2 Å². The van der Waals surface area contributed by atoms with Crippen LogP contribution in [-0.2, 0) is 5.75 Å². The van der Waals surface area contributed by atoms with Crippen molar-refractivity contribution >= 4 is 17.7 Å². The fourth-order valence-electron chi connectivity index (χ4n) is 3.16. The summed E-state index contributed by atoms with van der Waals surface area (Å²) < 4.78 is 18.8. The molecule has 2 aromatic heterocycles. The molecule has 6 nitrogen and oxygen atoms in total. The van der Waals surface area contributed by atoms with Crippen LogP contribution < -0.4 is 5.32 Å². The third-order valence-corrected chi connectivity index (χ3v) is 5.61. The van der Waals surface area contributed by atoms with Gasteiger partial charge in [-0.05, 0) is 55.5 Å². The molecule has 1 amide bonds. The number of piperazine rings is 1. The average Bonchev–Trinajstić information content (AvgIpc) is 3.22. The van der Waals surface area contributed by atoms with Gasteiger partial charge in [0.1, 0.15) is 16.6 Å². The number of hydrogen-bond donors (Lipinski definition) is 1. The number of aromatic nitrogens is 2. The molecule has 1 aliphatic heterocycles. The lowest BCUT2D eigenvalue weighted by atomic mass is 10.1. The maximum atomic E-state index is 13.0. The number of nitrogens with one attached hydrogen (secondary N) is 1. The lowest BCUT2D eigenvalue weighted by Gasteiger charge is -2.31. The van der Waals surface area contributed by atoms with Crippen LogP contribution in [0.4, 0.5) is 4.39 Å². The van der Waals surface area contributed by atoms with Crippen LogP contribution >= 0.6 is 11.8 Å². The van der Waals surface area contributed by atoms with Crippen LogP contribution in [0.1, 0.15) is 23.2 Å². The van der Waals surface area contributed by atoms with Gasteiger partial charge in [0.15, 0.2) is 5.76 Å². The summed E-state index contributed by atoms with van der Waals surface area (Å²) in [5.41, 5.74) is 1.50. The summed E-state index contributed by atoms with van der Waals surface area (Å²) in [7, 11) is 0. The second kappa shape index (κ2) is 8.75. The molecule has 1 aromatic carbocycles. The molecule has 150 valence electrons. The van der Waals surface area contributed by atoms with Crippen molar-refractivity contribution < 1.29 is 13.6 Å². The molecular formula is C21H21FN4O2S. The van der Waals surface area contributed by atoms with Crippen molar-refractivity contribution in [1.82, 2.24) is 20.4 Å². The zero-order valence-corrected chi connectivity index (χ0v) is 16.8. The molecule has 4 rings (SSSR count). The van der Waals surface area contributed by atoms with E-state index in [-0.39, 0.29) is 17.8 Å². The summed E-state index contributed by atoms with van der Waals surface area (Å²) in [6, 6.07) is 13.7. The Hall–Kier alpha value is -2.71. The second-order valence-electron chi connectivity index (χ2n) is 6.92. The number of amides is 1. The highest BCUT2D eigenvalue weighted by Crippen LogP contribution is 2.24. The van der Waals surface area contributed by atoms with E-state index in [1.165, 1.54) is 23.9 Å². The predicted molar refractivity (Wildman–Crippen MR) is 109 cm³/mol. The maximum Gasteiger partial charge on any atom is 0.289 e. The Morgan fingerprint density at radius 1 is 1.21 bits per heavy atom. The molecule has 0 unspecified atom stereocenters. The van der Waals surface area contributed by atoms with Crippen LogP contribution in [0.2, 0.25) is 0 Å². The molecule has 0 aliphatic carbocycles. The minimum Gasteiger partial charge on any atom is -0.455 e. The fraction of sp³-hybridized carbons (Fsp3) is 0.286. The fourth-order valence-corrected chi connectivity index (χ4v) is 3.87. The molecule has 0 bridgehead atoms. The summed E-state index contributed by atoms with van der Waals surface area (Å²) in [5, 5.41) is 12.5. The Bertz CT molecular complexity index is 975. The van der Waals surface area contributed by atoms with Gasteiger partial charge in [-0.15, -0.1) is 10.2 Å². The van der Waals surface area contributed by atoms with Crippen molar-refractivity contribution in [2.75, 3.05) is 19.6 Å². The zero-order valence-electron chi connectivity index (χ0n) is 16.0. The molecule has 1 fully saturated rings. The van der Waals surface area contributed by atoms with E-state index in [4.69, 9.17) is 4.42 Å². The van der Waals surface area contributed by atoms with Crippen molar-refractivity contribution in [3.63, 3.8) is 0 Å². The van der Waals surface area contributed by atoms with Crippen LogP contribution in [0, 0.1) is 5.82 Å². The Balaban J connectivity index is 1.35. The molecule has 0 spiro atoms. The monoisotopic (exact) mass is 412 g/mol. The Labute approximate surface area is 172 Å². The molecule has 3 aromatic rings. The van der Waals surface area contributed by atoms with E-state index < -0.39 is 0 Å². The molecule has 1 aliphatic rings. The number of nitrogens with zero attached hydrogens (tertiary/aromatic N) is 3. The number of benzene rings is 1.